The predicted octanol–water partition coefficient (Wildman–Crippen LogP) is 9.35. The zero-order valence-electron chi connectivity index (χ0n) is 23.2. The second-order valence-corrected chi connectivity index (χ2v) is 11.9. The molecule has 0 saturated carbocycles. The Morgan fingerprint density at radius 3 is 2.21 bits per heavy atom. The molecule has 0 aliphatic carbocycles. The van der Waals surface area contributed by atoms with Crippen molar-refractivity contribution in [2.45, 2.75) is 52.4 Å². The number of phenols is 1. The van der Waals surface area contributed by atoms with E-state index in [4.69, 9.17) is 14.4 Å². The van der Waals surface area contributed by atoms with Crippen molar-refractivity contribution in [1.82, 2.24) is 4.98 Å². The molecule has 5 rings (SSSR count). The minimum Gasteiger partial charge on any atom is -0.507 e. The van der Waals surface area contributed by atoms with E-state index in [1.54, 1.807) is 6.21 Å². The maximum absolute atomic E-state index is 14.5. The number of hydrogen-bond acceptors (Lipinski definition) is 4. The van der Waals surface area contributed by atoms with Gasteiger partial charge >= 0.3 is 0 Å². The molecule has 4 nitrogen and oxygen atoms in total. The van der Waals surface area contributed by atoms with Crippen LogP contribution in [0.2, 0.25) is 0 Å². The van der Waals surface area contributed by atoms with Gasteiger partial charge in [-0.25, -0.2) is 9.37 Å². The van der Waals surface area contributed by atoms with E-state index in [1.807, 2.05) is 60.7 Å². The first-order valence-electron chi connectivity index (χ1n) is 13.1. The van der Waals surface area contributed by atoms with Crippen LogP contribution >= 0.6 is 0 Å². The van der Waals surface area contributed by atoms with Crippen LogP contribution in [0.5, 0.6) is 5.75 Å². The van der Waals surface area contributed by atoms with Gasteiger partial charge in [0.15, 0.2) is 5.58 Å². The predicted molar refractivity (Wildman–Crippen MR) is 158 cm³/mol. The lowest BCUT2D eigenvalue weighted by atomic mass is 9.79. The van der Waals surface area contributed by atoms with Gasteiger partial charge in [-0.15, -0.1) is 0 Å². The number of hydrogen-bond donors (Lipinski definition) is 1. The van der Waals surface area contributed by atoms with Crippen LogP contribution in [-0.4, -0.2) is 16.3 Å². The number of halogens is 1. The third-order valence-corrected chi connectivity index (χ3v) is 6.84. The molecule has 39 heavy (non-hydrogen) atoms. The molecule has 1 N–H and O–H groups in total. The van der Waals surface area contributed by atoms with Crippen molar-refractivity contribution < 1.29 is 13.9 Å². The van der Waals surface area contributed by atoms with Gasteiger partial charge in [0, 0.05) is 29.0 Å². The highest BCUT2D eigenvalue weighted by Crippen LogP contribution is 2.39. The van der Waals surface area contributed by atoms with Crippen LogP contribution in [0.3, 0.4) is 0 Å². The average Bonchev–Trinajstić information content (AvgIpc) is 3.30. The van der Waals surface area contributed by atoms with Crippen LogP contribution in [-0.2, 0) is 10.8 Å². The highest BCUT2D eigenvalue weighted by Gasteiger charge is 2.24. The molecule has 0 saturated heterocycles. The third kappa shape index (κ3) is 5.35. The van der Waals surface area contributed by atoms with E-state index in [9.17, 15) is 9.50 Å². The van der Waals surface area contributed by atoms with Crippen LogP contribution in [0.4, 0.5) is 10.1 Å². The number of rotatable bonds is 4. The second kappa shape index (κ2) is 9.81. The number of oxazole rings is 1. The zero-order chi connectivity index (χ0) is 27.9. The van der Waals surface area contributed by atoms with Gasteiger partial charge in [-0.05, 0) is 46.2 Å². The van der Waals surface area contributed by atoms with E-state index >= 15 is 0 Å². The molecule has 0 fully saturated rings. The van der Waals surface area contributed by atoms with Crippen molar-refractivity contribution in [1.29, 1.82) is 0 Å². The van der Waals surface area contributed by atoms with Crippen LogP contribution < -0.4 is 0 Å². The zero-order valence-corrected chi connectivity index (χ0v) is 23.2. The monoisotopic (exact) mass is 520 g/mol. The van der Waals surface area contributed by atoms with Gasteiger partial charge in [0.2, 0.25) is 5.89 Å². The van der Waals surface area contributed by atoms with Gasteiger partial charge in [-0.1, -0.05) is 90.1 Å². The SMILES string of the molecule is CC(C)(C)c1cc(C=Nc2ccccc2-c2nc3c(-c4ccccc4)cc(F)cc3o2)c(O)c(C(C)(C)C)c1. The van der Waals surface area contributed by atoms with E-state index in [2.05, 4.69) is 47.6 Å². The Morgan fingerprint density at radius 2 is 1.51 bits per heavy atom. The smallest absolute Gasteiger partial charge is 0.229 e. The van der Waals surface area contributed by atoms with Crippen LogP contribution in [0, 0.1) is 5.82 Å². The molecule has 0 aliphatic heterocycles. The quantitative estimate of drug-likeness (QED) is 0.240. The average molecular weight is 521 g/mol. The molecule has 0 radical (unpaired) electrons. The van der Waals surface area contributed by atoms with Crippen molar-refractivity contribution in [3.63, 3.8) is 0 Å². The Morgan fingerprint density at radius 1 is 0.821 bits per heavy atom. The van der Waals surface area contributed by atoms with Crippen LogP contribution in [0.1, 0.15) is 58.2 Å². The minimum atomic E-state index is -0.390. The molecule has 0 amide bonds. The summed E-state index contributed by atoms with van der Waals surface area (Å²) in [5, 5.41) is 11.2. The highest BCUT2D eigenvalue weighted by atomic mass is 19.1. The number of nitrogens with zero attached hydrogens (tertiary/aromatic N) is 2. The first kappa shape index (κ1) is 26.4. The molecule has 0 atom stereocenters. The Kier molecular flexibility index (Phi) is 6.63. The number of benzene rings is 4. The number of aromatic hydroxyl groups is 1. The van der Waals surface area contributed by atoms with Crippen molar-refractivity contribution in [2.75, 3.05) is 0 Å². The minimum absolute atomic E-state index is 0.0991. The summed E-state index contributed by atoms with van der Waals surface area (Å²) in [5.41, 5.74) is 6.08. The normalized spacial score (nSPS) is 12.5. The fourth-order valence-electron chi connectivity index (χ4n) is 4.62. The number of fused-ring (bicyclic) bond motifs is 1. The number of para-hydroxylation sites is 1. The van der Waals surface area contributed by atoms with Crippen molar-refractivity contribution in [2.24, 2.45) is 4.99 Å². The summed E-state index contributed by atoms with van der Waals surface area (Å²) in [7, 11) is 0. The molecule has 1 aromatic heterocycles. The Hall–Kier alpha value is -4.25. The van der Waals surface area contributed by atoms with Crippen LogP contribution in [0.25, 0.3) is 33.7 Å². The maximum Gasteiger partial charge on any atom is 0.229 e. The van der Waals surface area contributed by atoms with Crippen molar-refractivity contribution >= 4 is 23.0 Å². The summed E-state index contributed by atoms with van der Waals surface area (Å²) in [6, 6.07) is 24.0. The molecule has 0 unspecified atom stereocenters. The standard InChI is InChI=1S/C34H33FN2O2/c1-33(2,3)23-16-22(31(38)27(17-23)34(4,5)6)20-36-28-15-11-10-14-25(28)32-37-30-26(21-12-8-7-9-13-21)18-24(35)19-29(30)39-32/h7-20,38H,1-6H3. The topological polar surface area (TPSA) is 58.6 Å². The number of aromatic nitrogens is 1. The Balaban J connectivity index is 1.61. The van der Waals surface area contributed by atoms with E-state index in [1.165, 1.54) is 12.1 Å². The molecule has 198 valence electrons. The molecule has 5 heteroatoms. The molecule has 0 spiro atoms. The van der Waals surface area contributed by atoms with Gasteiger partial charge in [0.1, 0.15) is 17.1 Å². The lowest BCUT2D eigenvalue weighted by Gasteiger charge is -2.27. The molecule has 0 aliphatic rings. The van der Waals surface area contributed by atoms with Gasteiger partial charge in [0.05, 0.1) is 11.3 Å². The fraction of sp³-hybridized carbons (Fsp3) is 0.235. The molecule has 5 aromatic rings. The largest absolute Gasteiger partial charge is 0.507 e. The van der Waals surface area contributed by atoms with E-state index < -0.39 is 0 Å². The third-order valence-electron chi connectivity index (χ3n) is 6.84. The van der Waals surface area contributed by atoms with E-state index in [0.717, 1.165) is 16.7 Å². The number of aliphatic imine (C=N–C) groups is 1. The number of phenolic OH excluding ortho intramolecular Hbond substituents is 1. The van der Waals surface area contributed by atoms with E-state index in [0.29, 0.717) is 39.4 Å². The molecule has 0 bridgehead atoms. The summed E-state index contributed by atoms with van der Waals surface area (Å²) in [6.45, 7) is 12.7. The second-order valence-electron chi connectivity index (χ2n) is 11.9. The fourth-order valence-corrected chi connectivity index (χ4v) is 4.62. The lowest BCUT2D eigenvalue weighted by Crippen LogP contribution is -2.17. The summed E-state index contributed by atoms with van der Waals surface area (Å²) >= 11 is 0. The lowest BCUT2D eigenvalue weighted by molar-refractivity contribution is 0.444. The summed E-state index contributed by atoms with van der Waals surface area (Å²) in [4.78, 5) is 9.54. The van der Waals surface area contributed by atoms with Crippen molar-refractivity contribution in [3.8, 4) is 28.3 Å². The molecular formula is C34H33FN2O2. The Labute approximate surface area is 228 Å². The molecule has 4 aromatic carbocycles. The van der Waals surface area contributed by atoms with Crippen LogP contribution in [0.15, 0.2) is 88.3 Å². The van der Waals surface area contributed by atoms with Gasteiger partial charge in [0.25, 0.3) is 0 Å². The first-order chi connectivity index (χ1) is 18.4. The van der Waals surface area contributed by atoms with Gasteiger partial charge in [-0.2, -0.15) is 0 Å². The highest BCUT2D eigenvalue weighted by molar-refractivity contribution is 5.93. The van der Waals surface area contributed by atoms with Crippen molar-refractivity contribution in [3.05, 3.63) is 101 Å². The summed E-state index contributed by atoms with van der Waals surface area (Å²) < 4.78 is 20.6. The first-order valence-corrected chi connectivity index (χ1v) is 13.1. The molecule has 1 heterocycles. The van der Waals surface area contributed by atoms with Gasteiger partial charge in [-0.3, -0.25) is 4.99 Å². The summed E-state index contributed by atoms with van der Waals surface area (Å²) in [5.74, 6) is 0.185. The van der Waals surface area contributed by atoms with Gasteiger partial charge < -0.3 is 9.52 Å². The summed E-state index contributed by atoms with van der Waals surface area (Å²) in [6.07, 6.45) is 1.69. The molecular weight excluding hydrogens is 487 g/mol. The maximum atomic E-state index is 14.5. The Bertz CT molecular complexity index is 1690. The van der Waals surface area contributed by atoms with E-state index in [-0.39, 0.29) is 22.4 Å².